The van der Waals surface area contributed by atoms with E-state index in [1.807, 2.05) is 49.4 Å². The van der Waals surface area contributed by atoms with Crippen LogP contribution in [0.3, 0.4) is 0 Å². The van der Waals surface area contributed by atoms with Gasteiger partial charge in [-0.25, -0.2) is 9.67 Å². The molecule has 1 aliphatic heterocycles. The van der Waals surface area contributed by atoms with E-state index in [9.17, 15) is 9.59 Å². The van der Waals surface area contributed by atoms with E-state index in [2.05, 4.69) is 15.3 Å². The molecule has 0 atom stereocenters. The number of aromatic nitrogens is 3. The van der Waals surface area contributed by atoms with Gasteiger partial charge < -0.3 is 14.6 Å². The van der Waals surface area contributed by atoms with Crippen LogP contribution in [0.5, 0.6) is 0 Å². The van der Waals surface area contributed by atoms with Gasteiger partial charge in [0.2, 0.25) is 5.91 Å². The Morgan fingerprint density at radius 3 is 2.47 bits per heavy atom. The van der Waals surface area contributed by atoms with Crippen molar-refractivity contribution in [1.29, 1.82) is 0 Å². The summed E-state index contributed by atoms with van der Waals surface area (Å²) in [6.45, 7) is 10.7. The van der Waals surface area contributed by atoms with Crippen LogP contribution in [-0.4, -0.2) is 76.2 Å². The summed E-state index contributed by atoms with van der Waals surface area (Å²) in [6, 6.07) is 3.91. The fourth-order valence-corrected chi connectivity index (χ4v) is 4.16. The third kappa shape index (κ3) is 4.12. The number of amides is 2. The third-order valence-corrected chi connectivity index (χ3v) is 5.91. The van der Waals surface area contributed by atoms with E-state index < -0.39 is 0 Å². The number of aryl methyl sites for hydroxylation is 2. The van der Waals surface area contributed by atoms with Crippen LogP contribution in [0, 0.1) is 13.8 Å². The molecule has 9 nitrogen and oxygen atoms in total. The van der Waals surface area contributed by atoms with Crippen LogP contribution in [0.15, 0.2) is 22.7 Å². The molecule has 0 unspecified atom stereocenters. The molecule has 1 N–H and O–H groups in total. The van der Waals surface area contributed by atoms with Gasteiger partial charge in [-0.1, -0.05) is 0 Å². The number of pyridine rings is 1. The molecular weight excluding hydrogens is 408 g/mol. The molecular formula is C23H30N6O3. The van der Waals surface area contributed by atoms with Crippen LogP contribution in [0.25, 0.3) is 22.3 Å². The molecule has 1 saturated heterocycles. The van der Waals surface area contributed by atoms with Gasteiger partial charge in [0.1, 0.15) is 11.5 Å². The van der Waals surface area contributed by atoms with Crippen LogP contribution in [0.2, 0.25) is 0 Å². The zero-order valence-electron chi connectivity index (χ0n) is 19.3. The Kier molecular flexibility index (Phi) is 6.01. The summed E-state index contributed by atoms with van der Waals surface area (Å²) in [6.07, 6.45) is 1.73. The maximum Gasteiger partial charge on any atom is 0.254 e. The van der Waals surface area contributed by atoms with Crippen molar-refractivity contribution >= 4 is 22.8 Å². The van der Waals surface area contributed by atoms with Crippen LogP contribution in [0.4, 0.5) is 0 Å². The van der Waals surface area contributed by atoms with E-state index in [1.54, 1.807) is 13.2 Å². The number of nitrogens with one attached hydrogen (secondary N) is 1. The van der Waals surface area contributed by atoms with Gasteiger partial charge in [0, 0.05) is 44.8 Å². The number of rotatable bonds is 5. The van der Waals surface area contributed by atoms with Gasteiger partial charge in [-0.05, 0) is 39.8 Å². The van der Waals surface area contributed by atoms with Crippen molar-refractivity contribution in [3.8, 4) is 11.3 Å². The van der Waals surface area contributed by atoms with Gasteiger partial charge in [0.25, 0.3) is 5.91 Å². The van der Waals surface area contributed by atoms with Crippen molar-refractivity contribution in [3.05, 3.63) is 35.4 Å². The Morgan fingerprint density at radius 2 is 1.88 bits per heavy atom. The monoisotopic (exact) mass is 438 g/mol. The minimum atomic E-state index is -0.0422. The lowest BCUT2D eigenvalue weighted by Gasteiger charge is -2.34. The normalized spacial score (nSPS) is 15.0. The average Bonchev–Trinajstić information content (AvgIpc) is 3.35. The highest BCUT2D eigenvalue weighted by molar-refractivity contribution is 6.06. The van der Waals surface area contributed by atoms with Gasteiger partial charge in [-0.2, -0.15) is 5.10 Å². The van der Waals surface area contributed by atoms with Gasteiger partial charge >= 0.3 is 0 Å². The van der Waals surface area contributed by atoms with E-state index >= 15 is 0 Å². The first-order valence-corrected chi connectivity index (χ1v) is 11.0. The number of furan rings is 1. The molecule has 4 heterocycles. The van der Waals surface area contributed by atoms with Gasteiger partial charge in [-0.3, -0.25) is 14.5 Å². The number of carbonyl (C=O) groups is 2. The highest BCUT2D eigenvalue weighted by Crippen LogP contribution is 2.30. The standard InChI is InChI=1S/C23H30N6O3/c1-14(2)29-22-19(12-25-29)18(11-20(26-22)17-10-15(3)32-16(17)4)23(31)28-8-6-27(7-9-28)13-21(30)24-5/h10-12,14H,6-9,13H2,1-5H3,(H,24,30). The number of hydrogen-bond donors (Lipinski definition) is 1. The number of hydrogen-bond acceptors (Lipinski definition) is 6. The number of piperazine rings is 1. The maximum atomic E-state index is 13.6. The molecule has 0 aromatic carbocycles. The molecule has 4 rings (SSSR count). The molecule has 0 spiro atoms. The third-order valence-electron chi connectivity index (χ3n) is 5.91. The minimum Gasteiger partial charge on any atom is -0.466 e. The smallest absolute Gasteiger partial charge is 0.254 e. The molecule has 3 aromatic heterocycles. The SMILES string of the molecule is CNC(=O)CN1CCN(C(=O)c2cc(-c3cc(C)oc3C)nc3c2cnn3C(C)C)CC1. The summed E-state index contributed by atoms with van der Waals surface area (Å²) in [4.78, 5) is 34.0. The molecule has 0 bridgehead atoms. The second-order valence-corrected chi connectivity index (χ2v) is 8.54. The highest BCUT2D eigenvalue weighted by atomic mass is 16.3. The first-order valence-electron chi connectivity index (χ1n) is 11.0. The first-order chi connectivity index (χ1) is 15.3. The lowest BCUT2D eigenvalue weighted by Crippen LogP contribution is -2.50. The van der Waals surface area contributed by atoms with Crippen molar-refractivity contribution in [3.63, 3.8) is 0 Å². The molecule has 170 valence electrons. The predicted octanol–water partition coefficient (Wildman–Crippen LogP) is 2.39. The lowest BCUT2D eigenvalue weighted by atomic mass is 10.1. The largest absolute Gasteiger partial charge is 0.466 e. The lowest BCUT2D eigenvalue weighted by molar-refractivity contribution is -0.122. The Hall–Kier alpha value is -3.20. The molecule has 32 heavy (non-hydrogen) atoms. The molecule has 3 aromatic rings. The fraction of sp³-hybridized carbons (Fsp3) is 0.478. The fourth-order valence-electron chi connectivity index (χ4n) is 4.16. The quantitative estimate of drug-likeness (QED) is 0.657. The summed E-state index contributed by atoms with van der Waals surface area (Å²) >= 11 is 0. The van der Waals surface area contributed by atoms with Crippen LogP contribution < -0.4 is 5.32 Å². The van der Waals surface area contributed by atoms with Crippen molar-refractivity contribution < 1.29 is 14.0 Å². The molecule has 9 heteroatoms. The number of nitrogens with zero attached hydrogens (tertiary/aromatic N) is 5. The molecule has 1 fully saturated rings. The van der Waals surface area contributed by atoms with E-state index in [0.717, 1.165) is 22.5 Å². The van der Waals surface area contributed by atoms with Crippen molar-refractivity contribution in [1.82, 2.24) is 29.9 Å². The summed E-state index contributed by atoms with van der Waals surface area (Å²) in [5, 5.41) is 7.90. The van der Waals surface area contributed by atoms with E-state index in [0.29, 0.717) is 49.6 Å². The average molecular weight is 439 g/mol. The molecule has 0 saturated carbocycles. The first kappa shape index (κ1) is 22.0. The summed E-state index contributed by atoms with van der Waals surface area (Å²) < 4.78 is 7.56. The second kappa shape index (κ2) is 8.74. The molecule has 2 amide bonds. The van der Waals surface area contributed by atoms with Crippen molar-refractivity contribution in [2.75, 3.05) is 39.8 Å². The minimum absolute atomic E-state index is 0.0165. The summed E-state index contributed by atoms with van der Waals surface area (Å²) in [5.74, 6) is 1.51. The Labute approximate surface area is 187 Å². The van der Waals surface area contributed by atoms with Gasteiger partial charge in [0.05, 0.1) is 29.4 Å². The number of carbonyl (C=O) groups excluding carboxylic acids is 2. The zero-order valence-corrected chi connectivity index (χ0v) is 19.3. The van der Waals surface area contributed by atoms with Gasteiger partial charge in [0.15, 0.2) is 5.65 Å². The highest BCUT2D eigenvalue weighted by Gasteiger charge is 2.27. The maximum absolute atomic E-state index is 13.6. The number of likely N-dealkylation sites (N-methyl/N-ethyl adjacent to an activating group) is 1. The van der Waals surface area contributed by atoms with Crippen LogP contribution in [0.1, 0.15) is 41.8 Å². The Bertz CT molecular complexity index is 1150. The molecule has 1 aliphatic rings. The molecule has 0 aliphatic carbocycles. The second-order valence-electron chi connectivity index (χ2n) is 8.54. The topological polar surface area (TPSA) is 96.5 Å². The van der Waals surface area contributed by atoms with Gasteiger partial charge in [-0.15, -0.1) is 0 Å². The van der Waals surface area contributed by atoms with Crippen LogP contribution in [-0.2, 0) is 4.79 Å². The Morgan fingerprint density at radius 1 is 1.16 bits per heavy atom. The summed E-state index contributed by atoms with van der Waals surface area (Å²) in [7, 11) is 1.63. The van der Waals surface area contributed by atoms with Crippen molar-refractivity contribution in [2.45, 2.75) is 33.7 Å². The predicted molar refractivity (Wildman–Crippen MR) is 121 cm³/mol. The van der Waals surface area contributed by atoms with Crippen molar-refractivity contribution in [2.24, 2.45) is 0 Å². The molecule has 0 radical (unpaired) electrons. The number of fused-ring (bicyclic) bond motifs is 1. The zero-order chi connectivity index (χ0) is 23.0. The Balaban J connectivity index is 1.69. The van der Waals surface area contributed by atoms with E-state index in [4.69, 9.17) is 9.40 Å². The van der Waals surface area contributed by atoms with Crippen LogP contribution >= 0.6 is 0 Å². The van der Waals surface area contributed by atoms with E-state index in [-0.39, 0.29) is 17.9 Å². The van der Waals surface area contributed by atoms with E-state index in [1.165, 1.54) is 0 Å². The summed E-state index contributed by atoms with van der Waals surface area (Å²) in [5.41, 5.74) is 2.87.